The molecule has 1 unspecified atom stereocenters. The van der Waals surface area contributed by atoms with E-state index in [-0.39, 0.29) is 11.0 Å². The third-order valence-electron chi connectivity index (χ3n) is 8.32. The molecular formula is C28H43N3O3. The molecule has 2 aliphatic heterocycles. The summed E-state index contributed by atoms with van der Waals surface area (Å²) < 4.78 is 0. The van der Waals surface area contributed by atoms with Crippen molar-refractivity contribution in [1.29, 1.82) is 0 Å². The van der Waals surface area contributed by atoms with Crippen LogP contribution in [0.15, 0.2) is 42.6 Å². The Morgan fingerprint density at radius 1 is 1.06 bits per heavy atom. The van der Waals surface area contributed by atoms with Crippen LogP contribution in [0.25, 0.3) is 0 Å². The van der Waals surface area contributed by atoms with Crippen LogP contribution >= 0.6 is 0 Å². The molecule has 1 aromatic rings. The highest BCUT2D eigenvalue weighted by atomic mass is 16.6. The Kier molecular flexibility index (Phi) is 9.69. The van der Waals surface area contributed by atoms with Crippen molar-refractivity contribution in [2.75, 3.05) is 19.6 Å². The Balaban J connectivity index is 0.000000350. The van der Waals surface area contributed by atoms with E-state index in [4.69, 9.17) is 0 Å². The van der Waals surface area contributed by atoms with Crippen molar-refractivity contribution in [2.45, 2.75) is 90.0 Å². The predicted octanol–water partition coefficient (Wildman–Crippen LogP) is 6.05. The van der Waals surface area contributed by atoms with Gasteiger partial charge in [-0.25, -0.2) is 0 Å². The lowest BCUT2D eigenvalue weighted by Crippen LogP contribution is -2.55. The zero-order valence-electron chi connectivity index (χ0n) is 21.1. The molecule has 1 amide bonds. The second-order valence-corrected chi connectivity index (χ2v) is 10.3. The minimum absolute atomic E-state index is 0.0843. The first-order valence-corrected chi connectivity index (χ1v) is 13.4. The normalized spacial score (nSPS) is 23.9. The molecule has 0 radical (unpaired) electrons. The van der Waals surface area contributed by atoms with E-state index in [0.29, 0.717) is 11.8 Å². The third-order valence-corrected chi connectivity index (χ3v) is 8.32. The standard InChI is InChI=1S/C23H34N2O.C5H9NO2/c1-2-9-20-18-24-21(26)22(20)14-16-25(17-15-22)23(12-7-4-8-13-23)19-10-5-3-6-11-19;1-2-3-4-5-6(7)8/h3,5-6,10-11,20H,2,4,7-9,12-18H2,1H3,(H,24,26);4-5H,2-3H2,1H3. The monoisotopic (exact) mass is 469 g/mol. The van der Waals surface area contributed by atoms with Crippen LogP contribution in [0, 0.1) is 21.4 Å². The number of benzene rings is 1. The molecule has 1 spiro atoms. The van der Waals surface area contributed by atoms with Crippen LogP contribution in [0.1, 0.15) is 90.0 Å². The molecule has 1 aliphatic carbocycles. The van der Waals surface area contributed by atoms with E-state index in [9.17, 15) is 14.9 Å². The van der Waals surface area contributed by atoms with Crippen molar-refractivity contribution < 1.29 is 9.72 Å². The van der Waals surface area contributed by atoms with Crippen LogP contribution in [-0.2, 0) is 10.3 Å². The Labute approximate surface area is 205 Å². The summed E-state index contributed by atoms with van der Waals surface area (Å²) in [5.41, 5.74) is 1.62. The summed E-state index contributed by atoms with van der Waals surface area (Å²) in [6.07, 6.45) is 15.3. The number of carbonyl (C=O) groups is 1. The number of nitrogens with one attached hydrogen (secondary N) is 1. The smallest absolute Gasteiger partial charge is 0.230 e. The first-order valence-electron chi connectivity index (χ1n) is 13.4. The van der Waals surface area contributed by atoms with Gasteiger partial charge < -0.3 is 5.32 Å². The fourth-order valence-corrected chi connectivity index (χ4v) is 6.47. The van der Waals surface area contributed by atoms with E-state index in [0.717, 1.165) is 51.5 Å². The number of hydrogen-bond donors (Lipinski definition) is 1. The van der Waals surface area contributed by atoms with Crippen LogP contribution in [-0.4, -0.2) is 35.4 Å². The molecule has 1 N–H and O–H groups in total. The number of allylic oxidation sites excluding steroid dienone is 1. The van der Waals surface area contributed by atoms with Crippen molar-refractivity contribution >= 4 is 5.91 Å². The van der Waals surface area contributed by atoms with Gasteiger partial charge in [0.25, 0.3) is 0 Å². The number of nitrogens with zero attached hydrogens (tertiary/aromatic N) is 2. The summed E-state index contributed by atoms with van der Waals surface area (Å²) in [6.45, 7) is 7.27. The van der Waals surface area contributed by atoms with Gasteiger partial charge in [-0.15, -0.1) is 0 Å². The van der Waals surface area contributed by atoms with Crippen LogP contribution in [0.2, 0.25) is 0 Å². The highest BCUT2D eigenvalue weighted by Crippen LogP contribution is 2.49. The average molecular weight is 470 g/mol. The zero-order valence-corrected chi connectivity index (χ0v) is 21.1. The van der Waals surface area contributed by atoms with Crippen molar-refractivity contribution in [3.8, 4) is 0 Å². The zero-order chi connectivity index (χ0) is 24.4. The Morgan fingerprint density at radius 3 is 2.32 bits per heavy atom. The van der Waals surface area contributed by atoms with E-state index in [2.05, 4.69) is 47.5 Å². The second-order valence-electron chi connectivity index (χ2n) is 10.3. The topological polar surface area (TPSA) is 75.5 Å². The van der Waals surface area contributed by atoms with Crippen LogP contribution < -0.4 is 5.32 Å². The molecule has 3 aliphatic rings. The van der Waals surface area contributed by atoms with Crippen molar-refractivity contribution in [3.63, 3.8) is 0 Å². The van der Waals surface area contributed by atoms with Gasteiger partial charge in [-0.2, -0.15) is 0 Å². The maximum absolute atomic E-state index is 12.7. The van der Waals surface area contributed by atoms with Gasteiger partial charge in [0.15, 0.2) is 0 Å². The van der Waals surface area contributed by atoms with Crippen molar-refractivity contribution in [2.24, 2.45) is 11.3 Å². The SMILES string of the molecule is CCCC1CNC(=O)C12CCN(C1(c3ccccc3)CCCCC1)CC2.CCCC=C[N+](=O)[O-]. The van der Waals surface area contributed by atoms with Gasteiger partial charge in [0.2, 0.25) is 12.1 Å². The van der Waals surface area contributed by atoms with Crippen molar-refractivity contribution in [3.05, 3.63) is 58.3 Å². The summed E-state index contributed by atoms with van der Waals surface area (Å²) in [6, 6.07) is 11.2. The van der Waals surface area contributed by atoms with Gasteiger partial charge >= 0.3 is 0 Å². The average Bonchev–Trinajstić information content (AvgIpc) is 3.16. The fraction of sp³-hybridized carbons (Fsp3) is 0.679. The Bertz CT molecular complexity index is 809. The van der Waals surface area contributed by atoms with E-state index >= 15 is 0 Å². The Morgan fingerprint density at radius 2 is 1.74 bits per heavy atom. The summed E-state index contributed by atoms with van der Waals surface area (Å²) in [4.78, 5) is 24.6. The van der Waals surface area contributed by atoms with Gasteiger partial charge in [-0.05, 0) is 56.1 Å². The van der Waals surface area contributed by atoms with Crippen LogP contribution in [0.5, 0.6) is 0 Å². The lowest BCUT2D eigenvalue weighted by molar-refractivity contribution is -0.402. The first kappa shape index (κ1) is 26.4. The first-order chi connectivity index (χ1) is 16.5. The summed E-state index contributed by atoms with van der Waals surface area (Å²) in [5, 5.41) is 12.8. The molecule has 4 rings (SSSR count). The number of carbonyl (C=O) groups excluding carboxylic acids is 1. The number of piperidine rings is 1. The number of amides is 1. The lowest BCUT2D eigenvalue weighted by atomic mass is 9.67. The second kappa shape index (κ2) is 12.5. The quantitative estimate of drug-likeness (QED) is 0.389. The molecule has 1 saturated carbocycles. The molecule has 0 bridgehead atoms. The molecule has 188 valence electrons. The predicted molar refractivity (Wildman–Crippen MR) is 137 cm³/mol. The van der Waals surface area contributed by atoms with E-state index < -0.39 is 4.92 Å². The summed E-state index contributed by atoms with van der Waals surface area (Å²) in [7, 11) is 0. The van der Waals surface area contributed by atoms with E-state index in [1.165, 1.54) is 50.5 Å². The number of rotatable bonds is 7. The van der Waals surface area contributed by atoms with Crippen LogP contribution in [0.3, 0.4) is 0 Å². The largest absolute Gasteiger partial charge is 0.355 e. The molecule has 0 aromatic heterocycles. The molecule has 2 heterocycles. The highest BCUT2D eigenvalue weighted by molar-refractivity contribution is 5.85. The van der Waals surface area contributed by atoms with Gasteiger partial charge in [-0.3, -0.25) is 19.8 Å². The number of hydrogen-bond acceptors (Lipinski definition) is 4. The molecular weight excluding hydrogens is 426 g/mol. The van der Waals surface area contributed by atoms with E-state index in [1.54, 1.807) is 6.08 Å². The third kappa shape index (κ3) is 5.88. The number of unbranched alkanes of at least 4 members (excludes halogenated alkanes) is 1. The molecule has 34 heavy (non-hydrogen) atoms. The van der Waals surface area contributed by atoms with Crippen molar-refractivity contribution in [1.82, 2.24) is 10.2 Å². The van der Waals surface area contributed by atoms with Crippen LogP contribution in [0.4, 0.5) is 0 Å². The lowest BCUT2D eigenvalue weighted by Gasteiger charge is -2.52. The van der Waals surface area contributed by atoms with Gasteiger partial charge in [0.05, 0.1) is 10.3 Å². The van der Waals surface area contributed by atoms with Gasteiger partial charge in [0, 0.05) is 25.2 Å². The minimum Gasteiger partial charge on any atom is -0.355 e. The molecule has 1 atom stereocenters. The fourth-order valence-electron chi connectivity index (χ4n) is 6.47. The van der Waals surface area contributed by atoms with Gasteiger partial charge in [-0.1, -0.05) is 76.3 Å². The molecule has 6 nitrogen and oxygen atoms in total. The molecule has 2 saturated heterocycles. The molecule has 3 fully saturated rings. The van der Waals surface area contributed by atoms with Gasteiger partial charge in [0.1, 0.15) is 0 Å². The Hall–Kier alpha value is -2.21. The minimum atomic E-state index is -0.449. The highest BCUT2D eigenvalue weighted by Gasteiger charge is 2.53. The summed E-state index contributed by atoms with van der Waals surface area (Å²) >= 11 is 0. The maximum Gasteiger partial charge on any atom is 0.230 e. The number of nitro groups is 1. The summed E-state index contributed by atoms with van der Waals surface area (Å²) in [5.74, 6) is 0.884. The van der Waals surface area contributed by atoms with E-state index in [1.807, 2.05) is 6.92 Å². The molecule has 1 aromatic carbocycles. The maximum atomic E-state index is 12.7. The molecule has 6 heteroatoms. The number of likely N-dealkylation sites (tertiary alicyclic amines) is 1.